The van der Waals surface area contributed by atoms with Gasteiger partial charge in [0.1, 0.15) is 6.10 Å². The standard InChI is InChI=1S/C32H45NO4/c1-29(2,37-28(34)27-30(3,4)36-27)25-14-12-20-22-13-11-18-17-21-19-9-7-8-10-23(19)33-26(21)32(18,6)31(22,5)16-15-24(20)35-25/h7-10,18,20,22,24-25,27-28,33-34H,11-17H2,1-6H3/t18?,20?,22?,24?,25-,27?,28-,31-,32+/m0/s1. The predicted molar refractivity (Wildman–Crippen MR) is 144 cm³/mol. The Hall–Kier alpha value is -1.40. The maximum Gasteiger partial charge on any atom is 0.184 e. The largest absolute Gasteiger partial charge is 0.372 e. The van der Waals surface area contributed by atoms with Crippen molar-refractivity contribution in [3.63, 3.8) is 0 Å². The Kier molecular flexibility index (Phi) is 5.22. The minimum absolute atomic E-state index is 0.00617. The number of para-hydroxylation sites is 1. The van der Waals surface area contributed by atoms with Gasteiger partial charge in [0.2, 0.25) is 0 Å². The van der Waals surface area contributed by atoms with Crippen LogP contribution in [0.3, 0.4) is 0 Å². The number of aliphatic hydroxyl groups is 1. The number of hydrogen-bond acceptors (Lipinski definition) is 4. The fourth-order valence-corrected chi connectivity index (χ4v) is 9.62. The molecule has 3 heterocycles. The van der Waals surface area contributed by atoms with E-state index in [-0.39, 0.29) is 34.7 Å². The van der Waals surface area contributed by atoms with Crippen LogP contribution in [0.4, 0.5) is 0 Å². The minimum atomic E-state index is -0.913. The molecule has 2 saturated heterocycles. The summed E-state index contributed by atoms with van der Waals surface area (Å²) < 4.78 is 18.7. The number of hydrogen-bond donors (Lipinski definition) is 2. The van der Waals surface area contributed by atoms with Gasteiger partial charge < -0.3 is 24.3 Å². The molecule has 3 aliphatic carbocycles. The quantitative estimate of drug-likeness (QED) is 0.378. The van der Waals surface area contributed by atoms with Crippen molar-refractivity contribution in [2.24, 2.45) is 23.2 Å². The molecule has 0 radical (unpaired) electrons. The second-order valence-electron chi connectivity index (χ2n) is 14.4. The number of H-pyrrole nitrogens is 1. The van der Waals surface area contributed by atoms with Gasteiger partial charge in [-0.3, -0.25) is 0 Å². The molecule has 2 N–H and O–H groups in total. The monoisotopic (exact) mass is 507 g/mol. The summed E-state index contributed by atoms with van der Waals surface area (Å²) in [4.78, 5) is 3.93. The van der Waals surface area contributed by atoms with Gasteiger partial charge in [-0.1, -0.05) is 32.0 Å². The first-order chi connectivity index (χ1) is 17.5. The average Bonchev–Trinajstić information content (AvgIpc) is 3.20. The van der Waals surface area contributed by atoms with Gasteiger partial charge in [0.25, 0.3) is 0 Å². The number of aliphatic hydroxyl groups excluding tert-OH is 1. The third-order valence-corrected chi connectivity index (χ3v) is 12.0. The molecule has 1 aromatic heterocycles. The first-order valence-electron chi connectivity index (χ1n) is 14.7. The van der Waals surface area contributed by atoms with E-state index in [2.05, 4.69) is 56.9 Å². The molecule has 4 fully saturated rings. The van der Waals surface area contributed by atoms with Crippen LogP contribution in [-0.4, -0.2) is 45.9 Å². The highest BCUT2D eigenvalue weighted by Crippen LogP contribution is 2.68. The van der Waals surface area contributed by atoms with E-state index < -0.39 is 11.9 Å². The lowest BCUT2D eigenvalue weighted by atomic mass is 9.43. The number of fused-ring (bicyclic) bond motifs is 9. The second kappa shape index (κ2) is 7.84. The molecule has 0 amide bonds. The highest BCUT2D eigenvalue weighted by Gasteiger charge is 2.65. The number of benzene rings is 1. The summed E-state index contributed by atoms with van der Waals surface area (Å²) in [6.07, 6.45) is 7.47. The third kappa shape index (κ3) is 3.36. The van der Waals surface area contributed by atoms with E-state index in [1.165, 1.54) is 48.7 Å². The molecule has 0 spiro atoms. The van der Waals surface area contributed by atoms with E-state index >= 15 is 0 Å². The summed E-state index contributed by atoms with van der Waals surface area (Å²) in [5.41, 5.74) is 4.04. The van der Waals surface area contributed by atoms with Crippen LogP contribution in [0.1, 0.15) is 91.3 Å². The number of rotatable bonds is 4. The van der Waals surface area contributed by atoms with Crippen molar-refractivity contribution in [1.29, 1.82) is 0 Å². The number of nitrogens with one attached hydrogen (secondary N) is 1. The van der Waals surface area contributed by atoms with Gasteiger partial charge in [-0.25, -0.2) is 0 Å². The zero-order chi connectivity index (χ0) is 26.0. The van der Waals surface area contributed by atoms with Crippen molar-refractivity contribution < 1.29 is 19.3 Å². The van der Waals surface area contributed by atoms with Crippen molar-refractivity contribution in [2.45, 2.75) is 128 Å². The van der Waals surface area contributed by atoms with Crippen LogP contribution in [0.5, 0.6) is 0 Å². The Morgan fingerprint density at radius 3 is 2.57 bits per heavy atom. The van der Waals surface area contributed by atoms with Crippen molar-refractivity contribution >= 4 is 10.9 Å². The number of aromatic amines is 1. The van der Waals surface area contributed by atoms with Crippen LogP contribution < -0.4 is 0 Å². The lowest BCUT2D eigenvalue weighted by Crippen LogP contribution is -2.61. The molecule has 0 bridgehead atoms. The van der Waals surface area contributed by atoms with Crippen LogP contribution in [0.25, 0.3) is 10.9 Å². The lowest BCUT2D eigenvalue weighted by molar-refractivity contribution is -0.258. The molecular weight excluding hydrogens is 462 g/mol. The van der Waals surface area contributed by atoms with Gasteiger partial charge in [0.05, 0.1) is 23.4 Å². The summed E-state index contributed by atoms with van der Waals surface area (Å²) in [5.74, 6) is 2.02. The Morgan fingerprint density at radius 2 is 1.81 bits per heavy atom. The van der Waals surface area contributed by atoms with Gasteiger partial charge in [-0.2, -0.15) is 0 Å². The van der Waals surface area contributed by atoms with E-state index in [0.29, 0.717) is 11.8 Å². The molecule has 37 heavy (non-hydrogen) atoms. The summed E-state index contributed by atoms with van der Waals surface area (Å²) in [7, 11) is 0. The molecule has 202 valence electrons. The predicted octanol–water partition coefficient (Wildman–Crippen LogP) is 6.26. The molecule has 5 unspecified atom stereocenters. The zero-order valence-corrected chi connectivity index (χ0v) is 23.5. The van der Waals surface area contributed by atoms with Gasteiger partial charge in [0, 0.05) is 22.0 Å². The SMILES string of the molecule is CC1(C)OC1[C@@H](O)OC(C)(C)[C@@H]1CCC2C(CC[C@@]3(C)C2CCC2Cc4c([nH]c5ccccc45)[C@@]23C)O1. The normalized spacial score (nSPS) is 43.0. The number of aromatic nitrogens is 1. The van der Waals surface area contributed by atoms with Crippen LogP contribution >= 0.6 is 0 Å². The second-order valence-corrected chi connectivity index (χ2v) is 14.4. The molecule has 1 aromatic carbocycles. The van der Waals surface area contributed by atoms with Crippen LogP contribution in [0, 0.1) is 23.2 Å². The average molecular weight is 508 g/mol. The first kappa shape index (κ1) is 24.6. The summed E-state index contributed by atoms with van der Waals surface area (Å²) >= 11 is 0. The van der Waals surface area contributed by atoms with Crippen molar-refractivity contribution in [2.75, 3.05) is 0 Å². The maximum atomic E-state index is 10.7. The molecular formula is C32H45NO4. The summed E-state index contributed by atoms with van der Waals surface area (Å²) in [5, 5.41) is 12.1. The van der Waals surface area contributed by atoms with Crippen LogP contribution in [0.2, 0.25) is 0 Å². The van der Waals surface area contributed by atoms with E-state index in [0.717, 1.165) is 18.8 Å². The van der Waals surface area contributed by atoms with Crippen LogP contribution in [-0.2, 0) is 26.0 Å². The Labute approximate surface area is 221 Å². The topological polar surface area (TPSA) is 67.0 Å². The molecule has 2 aliphatic heterocycles. The summed E-state index contributed by atoms with van der Waals surface area (Å²) in [6, 6.07) is 8.91. The Balaban J connectivity index is 1.12. The molecule has 2 aromatic rings. The lowest BCUT2D eigenvalue weighted by Gasteiger charge is -2.63. The molecule has 9 atom stereocenters. The van der Waals surface area contributed by atoms with E-state index in [4.69, 9.17) is 14.2 Å². The molecule has 2 saturated carbocycles. The van der Waals surface area contributed by atoms with Gasteiger partial charge in [-0.15, -0.1) is 0 Å². The van der Waals surface area contributed by atoms with Gasteiger partial charge in [-0.05, 0) is 107 Å². The Bertz CT molecular complexity index is 1220. The molecule has 5 nitrogen and oxygen atoms in total. The zero-order valence-electron chi connectivity index (χ0n) is 23.5. The van der Waals surface area contributed by atoms with Crippen molar-refractivity contribution in [3.8, 4) is 0 Å². The molecule has 5 aliphatic rings. The third-order valence-electron chi connectivity index (χ3n) is 12.0. The van der Waals surface area contributed by atoms with Crippen molar-refractivity contribution in [3.05, 3.63) is 35.5 Å². The number of ether oxygens (including phenoxy) is 3. The Morgan fingerprint density at radius 1 is 1.05 bits per heavy atom. The minimum Gasteiger partial charge on any atom is -0.372 e. The van der Waals surface area contributed by atoms with E-state index in [1.54, 1.807) is 5.56 Å². The highest BCUT2D eigenvalue weighted by molar-refractivity contribution is 5.86. The molecule has 7 rings (SSSR count). The number of epoxide rings is 1. The van der Waals surface area contributed by atoms with E-state index in [1.807, 2.05) is 13.8 Å². The van der Waals surface area contributed by atoms with Gasteiger partial charge in [0.15, 0.2) is 6.29 Å². The fraction of sp³-hybridized carbons (Fsp3) is 0.750. The van der Waals surface area contributed by atoms with Crippen molar-refractivity contribution in [1.82, 2.24) is 4.98 Å². The van der Waals surface area contributed by atoms with E-state index in [9.17, 15) is 5.11 Å². The van der Waals surface area contributed by atoms with Crippen LogP contribution in [0.15, 0.2) is 24.3 Å². The fourth-order valence-electron chi connectivity index (χ4n) is 9.62. The summed E-state index contributed by atoms with van der Waals surface area (Å²) in [6.45, 7) is 13.4. The maximum absolute atomic E-state index is 10.7. The highest BCUT2D eigenvalue weighted by atomic mass is 16.7. The first-order valence-corrected chi connectivity index (χ1v) is 14.7. The smallest absolute Gasteiger partial charge is 0.184 e. The van der Waals surface area contributed by atoms with Gasteiger partial charge >= 0.3 is 0 Å². The molecule has 5 heteroatoms.